The third-order valence-electron chi connectivity index (χ3n) is 5.87. The molecule has 32 heavy (non-hydrogen) atoms. The summed E-state index contributed by atoms with van der Waals surface area (Å²) in [6.45, 7) is 8.51. The molecule has 1 aromatic heterocycles. The van der Waals surface area contributed by atoms with Crippen LogP contribution < -0.4 is 10.3 Å². The maximum absolute atomic E-state index is 15.1. The molecule has 1 aliphatic carbocycles. The van der Waals surface area contributed by atoms with E-state index in [0.29, 0.717) is 30.8 Å². The SMILES string of the molecule is C[C@H]1CN(c2cc3c(cc2F)c(=O)c(C(=O)O)cn3C2CC2)CCN1C(=O)OC(C)(C)C. The Kier molecular flexibility index (Phi) is 5.38. The van der Waals surface area contributed by atoms with Crippen LogP contribution in [0.1, 0.15) is 56.9 Å². The summed E-state index contributed by atoms with van der Waals surface area (Å²) in [5, 5.41) is 9.46. The van der Waals surface area contributed by atoms with Gasteiger partial charge in [0.25, 0.3) is 0 Å². The van der Waals surface area contributed by atoms with Crippen LogP contribution in [0.25, 0.3) is 10.9 Å². The van der Waals surface area contributed by atoms with E-state index in [1.165, 1.54) is 6.20 Å². The van der Waals surface area contributed by atoms with E-state index >= 15 is 4.39 Å². The van der Waals surface area contributed by atoms with Gasteiger partial charge in [0.05, 0.1) is 11.2 Å². The van der Waals surface area contributed by atoms with Gasteiger partial charge in [-0.3, -0.25) is 4.79 Å². The van der Waals surface area contributed by atoms with Gasteiger partial charge in [0.1, 0.15) is 17.0 Å². The lowest BCUT2D eigenvalue weighted by atomic mass is 10.1. The van der Waals surface area contributed by atoms with Crippen molar-refractivity contribution in [2.75, 3.05) is 24.5 Å². The van der Waals surface area contributed by atoms with Crippen molar-refractivity contribution >= 4 is 28.7 Å². The molecule has 172 valence electrons. The molecule has 9 heteroatoms. The minimum absolute atomic E-state index is 0.0680. The molecule has 1 saturated carbocycles. The molecule has 1 N–H and O–H groups in total. The summed E-state index contributed by atoms with van der Waals surface area (Å²) in [5.74, 6) is -1.90. The Hall–Kier alpha value is -3.10. The smallest absolute Gasteiger partial charge is 0.410 e. The van der Waals surface area contributed by atoms with E-state index in [2.05, 4.69) is 0 Å². The van der Waals surface area contributed by atoms with Crippen molar-refractivity contribution in [3.05, 3.63) is 39.9 Å². The number of amides is 1. The fraction of sp³-hybridized carbons (Fsp3) is 0.522. The number of pyridine rings is 1. The van der Waals surface area contributed by atoms with Gasteiger partial charge in [0.2, 0.25) is 5.43 Å². The molecule has 8 nitrogen and oxygen atoms in total. The number of nitrogens with zero attached hydrogens (tertiary/aromatic N) is 3. The molecule has 1 atom stereocenters. The van der Waals surface area contributed by atoms with Crippen LogP contribution >= 0.6 is 0 Å². The number of halogens is 1. The predicted molar refractivity (Wildman–Crippen MR) is 118 cm³/mol. The number of aromatic nitrogens is 1. The molecule has 0 unspecified atom stereocenters. The monoisotopic (exact) mass is 445 g/mol. The van der Waals surface area contributed by atoms with Gasteiger partial charge < -0.3 is 24.2 Å². The number of benzene rings is 1. The van der Waals surface area contributed by atoms with E-state index in [4.69, 9.17) is 4.74 Å². The Morgan fingerprint density at radius 3 is 2.44 bits per heavy atom. The van der Waals surface area contributed by atoms with E-state index in [0.717, 1.165) is 18.9 Å². The van der Waals surface area contributed by atoms with Crippen molar-refractivity contribution in [2.24, 2.45) is 0 Å². The van der Waals surface area contributed by atoms with Crippen LogP contribution in [0.2, 0.25) is 0 Å². The standard InChI is InChI=1S/C23H28FN3O5/c1-13-11-25(7-8-26(13)22(31)32-23(2,3)4)19-10-18-15(9-17(19)24)20(28)16(21(29)30)12-27(18)14-5-6-14/h9-10,12-14H,5-8,11H2,1-4H3,(H,29,30)/t13-/m0/s1. The van der Waals surface area contributed by atoms with E-state index in [9.17, 15) is 19.5 Å². The van der Waals surface area contributed by atoms with Gasteiger partial charge in [0, 0.05) is 43.3 Å². The molecule has 0 spiro atoms. The van der Waals surface area contributed by atoms with E-state index in [1.807, 2.05) is 32.6 Å². The Labute approximate surface area is 185 Å². The molecule has 4 rings (SSSR count). The van der Waals surface area contributed by atoms with Gasteiger partial charge in [0.15, 0.2) is 0 Å². The van der Waals surface area contributed by atoms with Gasteiger partial charge >= 0.3 is 12.1 Å². The zero-order valence-electron chi connectivity index (χ0n) is 18.7. The van der Waals surface area contributed by atoms with E-state index < -0.39 is 28.9 Å². The molecule has 1 saturated heterocycles. The molecular weight excluding hydrogens is 417 g/mol. The number of carboxylic acids is 1. The summed E-state index contributed by atoms with van der Waals surface area (Å²) in [4.78, 5) is 40.1. The van der Waals surface area contributed by atoms with E-state index in [-0.39, 0.29) is 23.0 Å². The number of hydrogen-bond acceptors (Lipinski definition) is 5. The topological polar surface area (TPSA) is 92.1 Å². The third kappa shape index (κ3) is 4.16. The maximum atomic E-state index is 15.1. The third-order valence-corrected chi connectivity index (χ3v) is 5.87. The second-order valence-corrected chi connectivity index (χ2v) is 9.61. The van der Waals surface area contributed by atoms with Crippen LogP contribution in [0, 0.1) is 5.82 Å². The number of ether oxygens (including phenoxy) is 1. The van der Waals surface area contributed by atoms with Crippen LogP contribution in [0.3, 0.4) is 0 Å². The van der Waals surface area contributed by atoms with Crippen molar-refractivity contribution in [1.82, 2.24) is 9.47 Å². The summed E-state index contributed by atoms with van der Waals surface area (Å²) in [5.41, 5.74) is -0.764. The average molecular weight is 445 g/mol. The quantitative estimate of drug-likeness (QED) is 0.776. The van der Waals surface area contributed by atoms with Crippen molar-refractivity contribution in [2.45, 2.75) is 58.2 Å². The molecule has 2 aliphatic rings. The average Bonchev–Trinajstić information content (AvgIpc) is 3.51. The lowest BCUT2D eigenvalue weighted by Gasteiger charge is -2.41. The molecule has 1 aromatic carbocycles. The lowest BCUT2D eigenvalue weighted by Crippen LogP contribution is -2.55. The number of hydrogen-bond donors (Lipinski definition) is 1. The summed E-state index contributed by atoms with van der Waals surface area (Å²) in [6, 6.07) is 2.68. The van der Waals surface area contributed by atoms with Crippen LogP contribution in [0.5, 0.6) is 0 Å². The first-order valence-electron chi connectivity index (χ1n) is 10.8. The molecule has 0 bridgehead atoms. The fourth-order valence-corrected chi connectivity index (χ4v) is 4.18. The first-order valence-corrected chi connectivity index (χ1v) is 10.8. The number of carboxylic acid groups (broad SMARTS) is 1. The largest absolute Gasteiger partial charge is 0.477 e. The van der Waals surface area contributed by atoms with Crippen molar-refractivity contribution in [1.29, 1.82) is 0 Å². The van der Waals surface area contributed by atoms with Crippen molar-refractivity contribution in [3.63, 3.8) is 0 Å². The van der Waals surface area contributed by atoms with Gasteiger partial charge in [-0.05, 0) is 52.7 Å². The minimum Gasteiger partial charge on any atom is -0.477 e. The van der Waals surface area contributed by atoms with Gasteiger partial charge in [-0.1, -0.05) is 0 Å². The number of rotatable bonds is 3. The summed E-state index contributed by atoms with van der Waals surface area (Å²) in [6.07, 6.45) is 2.74. The Morgan fingerprint density at radius 1 is 1.19 bits per heavy atom. The highest BCUT2D eigenvalue weighted by Crippen LogP contribution is 2.38. The summed E-state index contributed by atoms with van der Waals surface area (Å²) in [7, 11) is 0. The number of fused-ring (bicyclic) bond motifs is 1. The number of carbonyl (C=O) groups is 2. The normalized spacial score (nSPS) is 19.3. The van der Waals surface area contributed by atoms with Crippen LogP contribution in [-0.4, -0.2) is 57.9 Å². The maximum Gasteiger partial charge on any atom is 0.410 e. The van der Waals surface area contributed by atoms with Gasteiger partial charge in [-0.15, -0.1) is 0 Å². The zero-order chi connectivity index (χ0) is 23.4. The highest BCUT2D eigenvalue weighted by atomic mass is 19.1. The number of anilines is 1. The molecule has 1 amide bonds. The van der Waals surface area contributed by atoms with Crippen molar-refractivity contribution < 1.29 is 23.8 Å². The van der Waals surface area contributed by atoms with Crippen LogP contribution in [-0.2, 0) is 4.74 Å². The molecule has 2 heterocycles. The predicted octanol–water partition coefficient (Wildman–Crippen LogP) is 3.62. The molecular formula is C23H28FN3O5. The molecule has 2 aromatic rings. The zero-order valence-corrected chi connectivity index (χ0v) is 18.7. The fourth-order valence-electron chi connectivity index (χ4n) is 4.18. The highest BCUT2D eigenvalue weighted by Gasteiger charge is 2.33. The first kappa shape index (κ1) is 22.1. The second kappa shape index (κ2) is 7.79. The van der Waals surface area contributed by atoms with Crippen LogP contribution in [0.4, 0.5) is 14.9 Å². The van der Waals surface area contributed by atoms with Crippen molar-refractivity contribution in [3.8, 4) is 0 Å². The molecule has 1 aliphatic heterocycles. The summed E-state index contributed by atoms with van der Waals surface area (Å²) >= 11 is 0. The minimum atomic E-state index is -1.32. The summed E-state index contributed by atoms with van der Waals surface area (Å²) < 4.78 is 22.4. The molecule has 2 fully saturated rings. The lowest BCUT2D eigenvalue weighted by molar-refractivity contribution is 0.0158. The number of carbonyl (C=O) groups excluding carboxylic acids is 1. The second-order valence-electron chi connectivity index (χ2n) is 9.61. The van der Waals surface area contributed by atoms with Gasteiger partial charge in [-0.2, -0.15) is 0 Å². The highest BCUT2D eigenvalue weighted by molar-refractivity contribution is 5.93. The first-order chi connectivity index (χ1) is 15.0. The Bertz CT molecular complexity index is 1150. The molecule has 0 radical (unpaired) electrons. The number of piperazine rings is 1. The van der Waals surface area contributed by atoms with Crippen LogP contribution in [0.15, 0.2) is 23.1 Å². The number of aromatic carboxylic acids is 1. The van der Waals surface area contributed by atoms with Gasteiger partial charge in [-0.25, -0.2) is 14.0 Å². The van der Waals surface area contributed by atoms with E-state index in [1.54, 1.807) is 15.5 Å². The Morgan fingerprint density at radius 2 is 1.88 bits per heavy atom. The Balaban J connectivity index is 1.67.